The van der Waals surface area contributed by atoms with Crippen LogP contribution < -0.4 is 10.6 Å². The third kappa shape index (κ3) is 1.69. The van der Waals surface area contributed by atoms with Gasteiger partial charge in [0.2, 0.25) is 0 Å². The van der Waals surface area contributed by atoms with Gasteiger partial charge < -0.3 is 10.6 Å². The highest BCUT2D eigenvalue weighted by molar-refractivity contribution is 5.93. The van der Waals surface area contributed by atoms with E-state index in [0.29, 0.717) is 5.69 Å². The maximum Gasteiger partial charge on any atom is 0.141 e. The Hall–Kier alpha value is -1.58. The fourth-order valence-electron chi connectivity index (χ4n) is 1.70. The molecule has 4 heteroatoms. The van der Waals surface area contributed by atoms with Gasteiger partial charge in [0, 0.05) is 13.1 Å². The summed E-state index contributed by atoms with van der Waals surface area (Å²) in [6.07, 6.45) is 2.46. The van der Waals surface area contributed by atoms with Gasteiger partial charge in [0.25, 0.3) is 0 Å². The lowest BCUT2D eigenvalue weighted by Crippen LogP contribution is -2.21. The summed E-state index contributed by atoms with van der Waals surface area (Å²) in [6, 6.07) is 5.64. The van der Waals surface area contributed by atoms with Crippen LogP contribution in [0.3, 0.4) is 0 Å². The molecule has 4 nitrogen and oxygen atoms in total. The van der Waals surface area contributed by atoms with Crippen molar-refractivity contribution in [1.82, 2.24) is 4.98 Å². The lowest BCUT2D eigenvalue weighted by Gasteiger charge is -2.16. The molecular formula is C10H14N4. The zero-order valence-corrected chi connectivity index (χ0v) is 8.03. The molecule has 0 aromatic carbocycles. The number of nitrogens with one attached hydrogen (secondary N) is 1. The third-order valence-electron chi connectivity index (χ3n) is 2.44. The highest BCUT2D eigenvalue weighted by Crippen LogP contribution is 2.17. The molecule has 1 fully saturated rings. The van der Waals surface area contributed by atoms with Gasteiger partial charge >= 0.3 is 0 Å². The molecule has 0 saturated carbocycles. The number of nitrogens with zero attached hydrogens (tertiary/aromatic N) is 2. The van der Waals surface area contributed by atoms with Crippen molar-refractivity contribution >= 4 is 11.7 Å². The normalized spacial score (nSPS) is 15.9. The van der Waals surface area contributed by atoms with Crippen molar-refractivity contribution in [2.75, 3.05) is 18.0 Å². The van der Waals surface area contributed by atoms with Crippen molar-refractivity contribution < 1.29 is 0 Å². The SMILES string of the molecule is N=C(N)c1cccc(N2CCCC2)n1. The molecule has 2 rings (SSSR count). The minimum absolute atomic E-state index is 0.0334. The molecule has 0 atom stereocenters. The second-order valence-electron chi connectivity index (χ2n) is 3.49. The zero-order valence-electron chi connectivity index (χ0n) is 8.03. The van der Waals surface area contributed by atoms with Gasteiger partial charge in [-0.05, 0) is 25.0 Å². The van der Waals surface area contributed by atoms with E-state index in [-0.39, 0.29) is 5.84 Å². The average molecular weight is 190 g/mol. The summed E-state index contributed by atoms with van der Waals surface area (Å²) >= 11 is 0. The first-order valence-corrected chi connectivity index (χ1v) is 4.84. The molecule has 1 aliphatic rings. The summed E-state index contributed by atoms with van der Waals surface area (Å²) < 4.78 is 0. The minimum atomic E-state index is 0.0334. The molecule has 0 spiro atoms. The van der Waals surface area contributed by atoms with Gasteiger partial charge in [-0.15, -0.1) is 0 Å². The minimum Gasteiger partial charge on any atom is -0.382 e. The Balaban J connectivity index is 2.25. The number of nitrogen functional groups attached to an aromatic ring is 1. The smallest absolute Gasteiger partial charge is 0.141 e. The second kappa shape index (κ2) is 3.65. The van der Waals surface area contributed by atoms with Crippen molar-refractivity contribution in [3.8, 4) is 0 Å². The predicted molar refractivity (Wildman–Crippen MR) is 56.7 cm³/mol. The number of nitrogens with two attached hydrogens (primary N) is 1. The number of anilines is 1. The molecule has 74 valence electrons. The summed E-state index contributed by atoms with van der Waals surface area (Å²) in [4.78, 5) is 6.56. The second-order valence-corrected chi connectivity index (χ2v) is 3.49. The fraction of sp³-hybridized carbons (Fsp3) is 0.400. The van der Waals surface area contributed by atoms with Crippen molar-refractivity contribution in [3.05, 3.63) is 23.9 Å². The van der Waals surface area contributed by atoms with Crippen molar-refractivity contribution in [2.45, 2.75) is 12.8 Å². The van der Waals surface area contributed by atoms with Crippen molar-refractivity contribution in [2.24, 2.45) is 5.73 Å². The quantitative estimate of drug-likeness (QED) is 0.539. The highest BCUT2D eigenvalue weighted by Gasteiger charge is 2.13. The lowest BCUT2D eigenvalue weighted by atomic mass is 10.3. The van der Waals surface area contributed by atoms with Gasteiger partial charge in [-0.3, -0.25) is 5.41 Å². The van der Waals surface area contributed by atoms with Crippen LogP contribution in [0.25, 0.3) is 0 Å². The highest BCUT2D eigenvalue weighted by atomic mass is 15.2. The lowest BCUT2D eigenvalue weighted by molar-refractivity contribution is 0.935. The van der Waals surface area contributed by atoms with Crippen LogP contribution in [0.1, 0.15) is 18.5 Å². The monoisotopic (exact) mass is 190 g/mol. The average Bonchev–Trinajstić information content (AvgIpc) is 2.71. The van der Waals surface area contributed by atoms with Crippen LogP contribution in [0.15, 0.2) is 18.2 Å². The van der Waals surface area contributed by atoms with E-state index in [2.05, 4.69) is 9.88 Å². The molecule has 0 amide bonds. The first-order valence-electron chi connectivity index (χ1n) is 4.84. The van der Waals surface area contributed by atoms with Gasteiger partial charge in [0.15, 0.2) is 0 Å². The maximum atomic E-state index is 7.30. The molecule has 1 saturated heterocycles. The van der Waals surface area contributed by atoms with Gasteiger partial charge in [0.1, 0.15) is 17.3 Å². The van der Waals surface area contributed by atoms with Gasteiger partial charge in [-0.2, -0.15) is 0 Å². The summed E-state index contributed by atoms with van der Waals surface area (Å²) in [5.74, 6) is 0.973. The molecule has 0 aliphatic carbocycles. The summed E-state index contributed by atoms with van der Waals surface area (Å²) in [6.45, 7) is 2.13. The van der Waals surface area contributed by atoms with E-state index < -0.39 is 0 Å². The number of rotatable bonds is 2. The largest absolute Gasteiger partial charge is 0.382 e. The Labute approximate surface area is 83.3 Å². The van der Waals surface area contributed by atoms with E-state index in [1.165, 1.54) is 12.8 Å². The van der Waals surface area contributed by atoms with Crippen LogP contribution in [0.2, 0.25) is 0 Å². The summed E-state index contributed by atoms with van der Waals surface area (Å²) in [5, 5.41) is 7.30. The summed E-state index contributed by atoms with van der Waals surface area (Å²) in [5.41, 5.74) is 5.95. The van der Waals surface area contributed by atoms with E-state index in [1.807, 2.05) is 12.1 Å². The molecule has 2 heterocycles. The predicted octanol–water partition coefficient (Wildman–Crippen LogP) is 0.966. The van der Waals surface area contributed by atoms with Gasteiger partial charge in [0.05, 0.1) is 0 Å². The summed E-state index contributed by atoms with van der Waals surface area (Å²) in [7, 11) is 0. The van der Waals surface area contributed by atoms with Crippen LogP contribution in [0, 0.1) is 5.41 Å². The fourth-order valence-corrected chi connectivity index (χ4v) is 1.70. The van der Waals surface area contributed by atoms with E-state index >= 15 is 0 Å². The molecule has 0 unspecified atom stereocenters. The van der Waals surface area contributed by atoms with Crippen molar-refractivity contribution in [1.29, 1.82) is 5.41 Å². The Bertz CT molecular complexity index is 342. The maximum absolute atomic E-state index is 7.30. The molecule has 1 aromatic rings. The van der Waals surface area contributed by atoms with Gasteiger partial charge in [-0.1, -0.05) is 6.07 Å². The van der Waals surface area contributed by atoms with Crippen LogP contribution in [0.4, 0.5) is 5.82 Å². The van der Waals surface area contributed by atoms with Gasteiger partial charge in [-0.25, -0.2) is 4.98 Å². The van der Waals surface area contributed by atoms with E-state index in [0.717, 1.165) is 18.9 Å². The standard InChI is InChI=1S/C10H14N4/c11-10(12)8-4-3-5-9(13-8)14-6-1-2-7-14/h3-5H,1-2,6-7H2,(H3,11,12). The van der Waals surface area contributed by atoms with E-state index in [4.69, 9.17) is 11.1 Å². The van der Waals surface area contributed by atoms with Crippen molar-refractivity contribution in [3.63, 3.8) is 0 Å². The zero-order chi connectivity index (χ0) is 9.97. The number of aromatic nitrogens is 1. The Morgan fingerprint density at radius 3 is 2.71 bits per heavy atom. The first-order chi connectivity index (χ1) is 6.77. The number of hydrogen-bond donors (Lipinski definition) is 2. The molecule has 3 N–H and O–H groups in total. The van der Waals surface area contributed by atoms with E-state index in [1.54, 1.807) is 6.07 Å². The van der Waals surface area contributed by atoms with Crippen LogP contribution in [-0.4, -0.2) is 23.9 Å². The van der Waals surface area contributed by atoms with E-state index in [9.17, 15) is 0 Å². The molecule has 0 radical (unpaired) electrons. The molecule has 14 heavy (non-hydrogen) atoms. The Morgan fingerprint density at radius 2 is 2.07 bits per heavy atom. The molecule has 0 bridgehead atoms. The Morgan fingerprint density at radius 1 is 1.36 bits per heavy atom. The first kappa shape index (κ1) is 8.99. The van der Waals surface area contributed by atoms with Crippen LogP contribution in [0.5, 0.6) is 0 Å². The van der Waals surface area contributed by atoms with Crippen LogP contribution >= 0.6 is 0 Å². The number of amidine groups is 1. The molecule has 1 aliphatic heterocycles. The number of hydrogen-bond acceptors (Lipinski definition) is 3. The van der Waals surface area contributed by atoms with Crippen LogP contribution in [-0.2, 0) is 0 Å². The molecule has 1 aromatic heterocycles. The third-order valence-corrected chi connectivity index (χ3v) is 2.44. The number of pyridine rings is 1. The topological polar surface area (TPSA) is 66.0 Å². The Kier molecular flexibility index (Phi) is 2.35. The molecular weight excluding hydrogens is 176 g/mol.